The summed E-state index contributed by atoms with van der Waals surface area (Å²) in [6.45, 7) is 8.45. The van der Waals surface area contributed by atoms with Crippen molar-refractivity contribution in [1.29, 1.82) is 0 Å². The van der Waals surface area contributed by atoms with Crippen molar-refractivity contribution in [2.24, 2.45) is 0 Å². The van der Waals surface area contributed by atoms with Crippen molar-refractivity contribution in [3.8, 4) is 5.75 Å². The van der Waals surface area contributed by atoms with E-state index in [4.69, 9.17) is 21.1 Å². The van der Waals surface area contributed by atoms with Crippen LogP contribution in [0.5, 0.6) is 5.75 Å². The summed E-state index contributed by atoms with van der Waals surface area (Å²) in [5.41, 5.74) is 2.30. The highest BCUT2D eigenvalue weighted by Gasteiger charge is 2.22. The van der Waals surface area contributed by atoms with Crippen LogP contribution in [0, 0.1) is 6.92 Å². The Bertz CT molecular complexity index is 423. The van der Waals surface area contributed by atoms with Gasteiger partial charge in [0.1, 0.15) is 5.75 Å². The highest BCUT2D eigenvalue weighted by atomic mass is 35.5. The van der Waals surface area contributed by atoms with Gasteiger partial charge < -0.3 is 14.8 Å². The van der Waals surface area contributed by atoms with Crippen LogP contribution in [-0.4, -0.2) is 25.8 Å². The number of hydrogen-bond donors (Lipinski definition) is 1. The number of hydrogen-bond acceptors (Lipinski definition) is 3. The number of ether oxygens (including phenoxy) is 2. The fraction of sp³-hybridized carbons (Fsp3) is 0.571. The average molecular weight is 270 g/mol. The summed E-state index contributed by atoms with van der Waals surface area (Å²) in [7, 11) is 0. The maximum atomic E-state index is 6.23. The zero-order valence-electron chi connectivity index (χ0n) is 11.1. The predicted molar refractivity (Wildman–Crippen MR) is 73.5 cm³/mol. The Hall–Kier alpha value is -0.770. The molecule has 0 spiro atoms. The van der Waals surface area contributed by atoms with E-state index >= 15 is 0 Å². The largest absolute Gasteiger partial charge is 0.492 e. The van der Waals surface area contributed by atoms with Gasteiger partial charge in [0.05, 0.1) is 23.8 Å². The van der Waals surface area contributed by atoms with Gasteiger partial charge in [-0.25, -0.2) is 0 Å². The second-order valence-corrected chi connectivity index (χ2v) is 5.07. The molecule has 0 saturated carbocycles. The van der Waals surface area contributed by atoms with Crippen LogP contribution in [0.1, 0.15) is 31.1 Å². The smallest absolute Gasteiger partial charge is 0.138 e. The predicted octanol–water partition coefficient (Wildman–Crippen LogP) is 3.10. The molecule has 4 heteroatoms. The van der Waals surface area contributed by atoms with Crippen molar-refractivity contribution in [2.45, 2.75) is 33.0 Å². The first-order valence-electron chi connectivity index (χ1n) is 6.40. The first kappa shape index (κ1) is 13.7. The van der Waals surface area contributed by atoms with Crippen molar-refractivity contribution in [3.05, 3.63) is 28.3 Å². The molecule has 3 nitrogen and oxygen atoms in total. The number of aryl methyl sites for hydroxylation is 1. The summed E-state index contributed by atoms with van der Waals surface area (Å²) in [4.78, 5) is 0. The molecule has 1 aromatic rings. The van der Waals surface area contributed by atoms with Crippen LogP contribution in [-0.2, 0) is 4.74 Å². The molecular weight excluding hydrogens is 250 g/mol. The number of halogens is 1. The molecule has 2 atom stereocenters. The van der Waals surface area contributed by atoms with E-state index in [0.29, 0.717) is 11.6 Å². The van der Waals surface area contributed by atoms with Gasteiger partial charge in [-0.15, -0.1) is 0 Å². The van der Waals surface area contributed by atoms with Crippen molar-refractivity contribution in [2.75, 3.05) is 19.7 Å². The zero-order valence-corrected chi connectivity index (χ0v) is 11.9. The van der Waals surface area contributed by atoms with E-state index in [1.54, 1.807) is 0 Å². The number of benzene rings is 1. The van der Waals surface area contributed by atoms with Crippen LogP contribution in [0.3, 0.4) is 0 Å². The van der Waals surface area contributed by atoms with Gasteiger partial charge in [-0.1, -0.05) is 11.6 Å². The fourth-order valence-corrected chi connectivity index (χ4v) is 2.49. The topological polar surface area (TPSA) is 30.5 Å². The van der Waals surface area contributed by atoms with Gasteiger partial charge in [-0.3, -0.25) is 0 Å². The monoisotopic (exact) mass is 269 g/mol. The molecule has 1 aliphatic heterocycles. The lowest BCUT2D eigenvalue weighted by atomic mass is 10.0. The van der Waals surface area contributed by atoms with E-state index in [1.807, 2.05) is 19.1 Å². The van der Waals surface area contributed by atoms with Crippen LogP contribution in [0.15, 0.2) is 12.1 Å². The molecule has 0 radical (unpaired) electrons. The lowest BCUT2D eigenvalue weighted by molar-refractivity contribution is -0.0290. The molecule has 0 amide bonds. The summed E-state index contributed by atoms with van der Waals surface area (Å²) in [6, 6.07) is 3.95. The molecule has 1 fully saturated rings. The third-order valence-electron chi connectivity index (χ3n) is 3.13. The molecular formula is C14H20ClNO2. The minimum absolute atomic E-state index is 0.0712. The molecule has 2 rings (SSSR count). The average Bonchev–Trinajstić information content (AvgIpc) is 2.33. The van der Waals surface area contributed by atoms with E-state index in [-0.39, 0.29) is 12.2 Å². The lowest BCUT2D eigenvalue weighted by Gasteiger charge is -2.30. The maximum Gasteiger partial charge on any atom is 0.138 e. The van der Waals surface area contributed by atoms with Crippen LogP contribution >= 0.6 is 11.6 Å². The zero-order chi connectivity index (χ0) is 13.1. The third kappa shape index (κ3) is 2.97. The molecule has 100 valence electrons. The quantitative estimate of drug-likeness (QED) is 0.915. The van der Waals surface area contributed by atoms with Crippen LogP contribution in [0.2, 0.25) is 5.02 Å². The standard InChI is InChI=1S/C14H20ClNO2/c1-4-17-13-5-9(2)11(6-12(13)15)14-8-16-7-10(3)18-14/h5-6,10,14,16H,4,7-8H2,1-3H3. The first-order chi connectivity index (χ1) is 8.61. The fourth-order valence-electron chi connectivity index (χ4n) is 2.26. The second kappa shape index (κ2) is 5.91. The van der Waals surface area contributed by atoms with E-state index in [0.717, 1.165) is 30.0 Å². The summed E-state index contributed by atoms with van der Waals surface area (Å²) in [6.07, 6.45) is 0.301. The Kier molecular flexibility index (Phi) is 4.49. The Labute approximate surface area is 113 Å². The first-order valence-corrected chi connectivity index (χ1v) is 6.78. The van der Waals surface area contributed by atoms with E-state index in [1.165, 1.54) is 0 Å². The van der Waals surface area contributed by atoms with Gasteiger partial charge in [0, 0.05) is 13.1 Å². The van der Waals surface area contributed by atoms with Crippen LogP contribution in [0.4, 0.5) is 0 Å². The van der Waals surface area contributed by atoms with E-state index in [2.05, 4.69) is 19.2 Å². The number of rotatable bonds is 3. The molecule has 1 aliphatic rings. The Balaban J connectivity index is 2.25. The molecule has 1 aromatic carbocycles. The van der Waals surface area contributed by atoms with E-state index < -0.39 is 0 Å². The minimum atomic E-state index is 0.0712. The summed E-state index contributed by atoms with van der Waals surface area (Å²) < 4.78 is 11.4. The molecule has 0 aliphatic carbocycles. The SMILES string of the molecule is CCOc1cc(C)c(C2CNCC(C)O2)cc1Cl. The van der Waals surface area contributed by atoms with Crippen LogP contribution < -0.4 is 10.1 Å². The van der Waals surface area contributed by atoms with Crippen molar-refractivity contribution < 1.29 is 9.47 Å². The molecule has 0 bridgehead atoms. The highest BCUT2D eigenvalue weighted by Crippen LogP contribution is 2.33. The Morgan fingerprint density at radius 2 is 2.22 bits per heavy atom. The molecule has 1 heterocycles. The third-order valence-corrected chi connectivity index (χ3v) is 3.42. The second-order valence-electron chi connectivity index (χ2n) is 4.67. The summed E-state index contributed by atoms with van der Waals surface area (Å²) in [5.74, 6) is 0.747. The molecule has 1 N–H and O–H groups in total. The van der Waals surface area contributed by atoms with Gasteiger partial charge >= 0.3 is 0 Å². The maximum absolute atomic E-state index is 6.23. The van der Waals surface area contributed by atoms with Gasteiger partial charge in [-0.2, -0.15) is 0 Å². The number of nitrogens with one attached hydrogen (secondary N) is 1. The molecule has 2 unspecified atom stereocenters. The lowest BCUT2D eigenvalue weighted by Crippen LogP contribution is -2.39. The highest BCUT2D eigenvalue weighted by molar-refractivity contribution is 6.32. The molecule has 18 heavy (non-hydrogen) atoms. The van der Waals surface area contributed by atoms with Gasteiger partial charge in [-0.05, 0) is 44.0 Å². The molecule has 0 aromatic heterocycles. The van der Waals surface area contributed by atoms with E-state index in [9.17, 15) is 0 Å². The van der Waals surface area contributed by atoms with Crippen molar-refractivity contribution in [1.82, 2.24) is 5.32 Å². The summed E-state index contributed by atoms with van der Waals surface area (Å²) in [5, 5.41) is 4.02. The van der Waals surface area contributed by atoms with Gasteiger partial charge in [0.15, 0.2) is 0 Å². The Morgan fingerprint density at radius 3 is 2.89 bits per heavy atom. The molecule has 1 saturated heterocycles. The minimum Gasteiger partial charge on any atom is -0.492 e. The number of morpholine rings is 1. The summed E-state index contributed by atoms with van der Waals surface area (Å²) >= 11 is 6.23. The normalized spacial score (nSPS) is 24.0. The van der Waals surface area contributed by atoms with Crippen molar-refractivity contribution >= 4 is 11.6 Å². The van der Waals surface area contributed by atoms with Gasteiger partial charge in [0.25, 0.3) is 0 Å². The van der Waals surface area contributed by atoms with Crippen molar-refractivity contribution in [3.63, 3.8) is 0 Å². The van der Waals surface area contributed by atoms with Gasteiger partial charge in [0.2, 0.25) is 0 Å². The Morgan fingerprint density at radius 1 is 1.44 bits per heavy atom. The van der Waals surface area contributed by atoms with Crippen LogP contribution in [0.25, 0.3) is 0 Å².